The van der Waals surface area contributed by atoms with Crippen molar-refractivity contribution in [3.05, 3.63) is 207 Å². The van der Waals surface area contributed by atoms with E-state index in [2.05, 4.69) is 54.9 Å². The fraction of sp³-hybridized carbons (Fsp3) is 0.0667. The zero-order valence-corrected chi connectivity index (χ0v) is 40.9. The molecule has 4 amide bonds. The highest BCUT2D eigenvalue weighted by Crippen LogP contribution is 2.48. The smallest absolute Gasteiger partial charge is 0.271 e. The number of benzene rings is 7. The molecule has 0 aliphatic carbocycles. The van der Waals surface area contributed by atoms with Crippen molar-refractivity contribution < 1.29 is 43.0 Å². The molecule has 4 N–H and O–H groups in total. The molecule has 0 atom stereocenters. The number of rotatable bonds is 3. The number of anilines is 4. The van der Waals surface area contributed by atoms with Crippen molar-refractivity contribution in [3.8, 4) is 57.8 Å². The first kappa shape index (κ1) is 49.5. The number of aromatic nitrogens is 2. The largest absolute Gasteiger partial charge is 0.497 e. The van der Waals surface area contributed by atoms with Gasteiger partial charge >= 0.3 is 0 Å². The Bertz CT molecular complexity index is 3740. The van der Waals surface area contributed by atoms with Crippen molar-refractivity contribution in [2.45, 2.75) is 0 Å². The number of pyridine rings is 2. The van der Waals surface area contributed by atoms with Gasteiger partial charge < -0.3 is 40.2 Å². The van der Waals surface area contributed by atoms with Crippen LogP contribution in [-0.2, 0) is 9.59 Å². The number of nitro benzene ring substituents is 1. The Labute approximate surface area is 439 Å². The summed E-state index contributed by atoms with van der Waals surface area (Å²) in [5, 5.41) is 25.5. The standard InChI is InChI=1S/C60H41N7O10/c1-74-45-25-19-36(20-26-45)17-23-40-29-38-9-3-5-11-47(38)55-56-48-12-6-4-10-39(48)30-41(24-18-37-21-27-46(75-2)28-22-37)58(56)77-35-54(69)64-50-14-8-16-52(62-50)66-60(71)43-31-42(32-44(33-43)67(72)73)59(70)65-51-15-7-13-49(61-51)63-53(68)34-76-57(40)55/h3-16,19-22,25-33H,34-35H2,1-2H3,(H2,61,63,65,68,70)(H2,62,64,66,69,71). The number of nitrogens with one attached hydrogen (secondary N) is 4. The van der Waals surface area contributed by atoms with Gasteiger partial charge in [-0.25, -0.2) is 9.97 Å². The Hall–Kier alpha value is -11.0. The van der Waals surface area contributed by atoms with E-state index in [-0.39, 0.29) is 45.9 Å². The highest BCUT2D eigenvalue weighted by molar-refractivity contribution is 6.12. The Balaban J connectivity index is 1.17. The van der Waals surface area contributed by atoms with Crippen LogP contribution in [0.25, 0.3) is 32.7 Å². The van der Waals surface area contributed by atoms with E-state index in [1.807, 2.05) is 84.9 Å². The molecule has 0 spiro atoms. The topological polar surface area (TPSA) is 222 Å². The van der Waals surface area contributed by atoms with Crippen molar-refractivity contribution in [1.29, 1.82) is 0 Å². The third kappa shape index (κ3) is 11.3. The van der Waals surface area contributed by atoms with E-state index >= 15 is 0 Å². The Kier molecular flexibility index (Phi) is 14.1. The van der Waals surface area contributed by atoms with Crippen molar-refractivity contribution in [1.82, 2.24) is 9.97 Å². The van der Waals surface area contributed by atoms with E-state index in [0.29, 0.717) is 55.7 Å². The number of hydrogen-bond donors (Lipinski definition) is 4. The Morgan fingerprint density at radius 2 is 0.896 bits per heavy atom. The summed E-state index contributed by atoms with van der Waals surface area (Å²) in [6.45, 7) is -1.17. The van der Waals surface area contributed by atoms with Gasteiger partial charge in [0.1, 0.15) is 46.3 Å². The summed E-state index contributed by atoms with van der Waals surface area (Å²) in [6.07, 6.45) is 0. The lowest BCUT2D eigenvalue weighted by Crippen LogP contribution is -2.22. The van der Waals surface area contributed by atoms with Crippen LogP contribution in [0.2, 0.25) is 0 Å². The maximum Gasteiger partial charge on any atom is 0.271 e. The number of nitrogens with zero attached hydrogens (tertiary/aromatic N) is 3. The third-order valence-corrected chi connectivity index (χ3v) is 12.0. The van der Waals surface area contributed by atoms with E-state index in [1.54, 1.807) is 38.5 Å². The molecule has 1 aliphatic heterocycles. The number of ether oxygens (including phenoxy) is 4. The van der Waals surface area contributed by atoms with E-state index in [1.165, 1.54) is 42.5 Å². The summed E-state index contributed by atoms with van der Waals surface area (Å²) < 4.78 is 24.2. The number of hydrogen-bond acceptors (Lipinski definition) is 12. The van der Waals surface area contributed by atoms with Gasteiger partial charge in [-0.3, -0.25) is 29.3 Å². The van der Waals surface area contributed by atoms with Crippen LogP contribution >= 0.6 is 0 Å². The summed E-state index contributed by atoms with van der Waals surface area (Å²) in [5.74, 6) is 11.8. The van der Waals surface area contributed by atoms with Crippen LogP contribution in [0.3, 0.4) is 0 Å². The van der Waals surface area contributed by atoms with E-state index in [0.717, 1.165) is 22.9 Å². The lowest BCUT2D eigenvalue weighted by Gasteiger charge is -2.22. The van der Waals surface area contributed by atoms with Crippen LogP contribution in [0.5, 0.6) is 23.0 Å². The molecular formula is C60H41N7O10. The predicted octanol–water partition coefficient (Wildman–Crippen LogP) is 10.0. The minimum Gasteiger partial charge on any atom is -0.497 e. The summed E-state index contributed by atoms with van der Waals surface area (Å²) in [4.78, 5) is 75.7. The monoisotopic (exact) mass is 1020 g/mol. The Morgan fingerprint density at radius 1 is 0.494 bits per heavy atom. The molecule has 376 valence electrons. The second kappa shape index (κ2) is 22.0. The van der Waals surface area contributed by atoms with Crippen LogP contribution in [-0.4, -0.2) is 66.0 Å². The van der Waals surface area contributed by atoms with Gasteiger partial charge in [0.25, 0.3) is 29.3 Å². The lowest BCUT2D eigenvalue weighted by molar-refractivity contribution is -0.384. The summed E-state index contributed by atoms with van der Waals surface area (Å²) in [7, 11) is 3.15. The zero-order chi connectivity index (χ0) is 53.4. The average Bonchev–Trinajstić information content (AvgIpc) is 3.52. The zero-order valence-electron chi connectivity index (χ0n) is 40.9. The first-order chi connectivity index (χ1) is 37.5. The highest BCUT2D eigenvalue weighted by atomic mass is 16.6. The lowest BCUT2D eigenvalue weighted by atomic mass is 9.88. The molecule has 0 unspecified atom stereocenters. The second-order valence-electron chi connectivity index (χ2n) is 17.1. The molecule has 7 aromatic carbocycles. The van der Waals surface area contributed by atoms with Gasteiger partial charge in [-0.2, -0.15) is 0 Å². The quantitative estimate of drug-likeness (QED) is 0.0738. The minimum atomic E-state index is -0.840. The van der Waals surface area contributed by atoms with Crippen molar-refractivity contribution in [2.24, 2.45) is 0 Å². The minimum absolute atomic E-state index is 0.0251. The number of carbonyl (C=O) groups is 4. The maximum atomic E-state index is 14.1. The molecule has 3 heterocycles. The van der Waals surface area contributed by atoms with Crippen molar-refractivity contribution >= 4 is 74.1 Å². The van der Waals surface area contributed by atoms with Gasteiger partial charge in [-0.05, 0) is 113 Å². The average molecular weight is 1020 g/mol. The van der Waals surface area contributed by atoms with Crippen molar-refractivity contribution in [3.63, 3.8) is 0 Å². The molecule has 0 radical (unpaired) electrons. The third-order valence-electron chi connectivity index (χ3n) is 12.0. The highest BCUT2D eigenvalue weighted by Gasteiger charge is 2.26. The first-order valence-electron chi connectivity index (χ1n) is 23.6. The maximum absolute atomic E-state index is 14.1. The second-order valence-corrected chi connectivity index (χ2v) is 17.1. The van der Waals surface area contributed by atoms with Gasteiger partial charge in [0, 0.05) is 45.5 Å². The molecule has 0 saturated heterocycles. The van der Waals surface area contributed by atoms with E-state index < -0.39 is 47.5 Å². The molecule has 1 aliphatic rings. The van der Waals surface area contributed by atoms with Gasteiger partial charge in [0.2, 0.25) is 0 Å². The van der Waals surface area contributed by atoms with Crippen LogP contribution in [0.15, 0.2) is 164 Å². The number of methoxy groups -OCH3 is 2. The van der Waals surface area contributed by atoms with Crippen LogP contribution in [0, 0.1) is 33.8 Å². The fourth-order valence-corrected chi connectivity index (χ4v) is 8.40. The van der Waals surface area contributed by atoms with Gasteiger partial charge in [-0.1, -0.05) is 84.3 Å². The molecule has 17 heteroatoms. The number of non-ortho nitro benzene ring substituents is 1. The van der Waals surface area contributed by atoms with Crippen molar-refractivity contribution in [2.75, 3.05) is 48.7 Å². The predicted molar refractivity (Wildman–Crippen MR) is 291 cm³/mol. The molecule has 6 bridgehead atoms. The number of fused-ring (bicyclic) bond motifs is 13. The van der Waals surface area contributed by atoms with Crippen LogP contribution in [0.4, 0.5) is 29.0 Å². The number of nitro groups is 1. The van der Waals surface area contributed by atoms with Crippen LogP contribution in [0.1, 0.15) is 43.0 Å². The SMILES string of the molecule is COc1ccc(C#Cc2cc3ccccc3c3c2OCC(=O)Nc2cccc(n2)NC(=O)c2cc(cc([N+](=O)[O-])c2)C(=O)Nc2cccc(n2)NC(=O)COc2c(C#Cc4ccc(OC)cc4)cc4ccccc4c2-3)cc1. The van der Waals surface area contributed by atoms with Gasteiger partial charge in [0.15, 0.2) is 13.2 Å². The molecule has 0 fully saturated rings. The summed E-state index contributed by atoms with van der Waals surface area (Å²) in [6, 6.07) is 45.5. The summed E-state index contributed by atoms with van der Waals surface area (Å²) in [5.41, 5.74) is 2.02. The van der Waals surface area contributed by atoms with E-state index in [4.69, 9.17) is 18.9 Å². The number of carbonyl (C=O) groups excluding carboxylic acids is 4. The van der Waals surface area contributed by atoms with E-state index in [9.17, 15) is 29.3 Å². The molecule has 2 aromatic heterocycles. The van der Waals surface area contributed by atoms with Gasteiger partial charge in [-0.15, -0.1) is 0 Å². The molecule has 0 saturated carbocycles. The van der Waals surface area contributed by atoms with Crippen LogP contribution < -0.4 is 40.2 Å². The molecule has 10 rings (SSSR count). The molecular weight excluding hydrogens is 979 g/mol. The molecule has 77 heavy (non-hydrogen) atoms. The summed E-state index contributed by atoms with van der Waals surface area (Å²) >= 11 is 0. The van der Waals surface area contributed by atoms with Gasteiger partial charge in [0.05, 0.1) is 30.3 Å². The molecule has 17 nitrogen and oxygen atoms in total. The first-order valence-corrected chi connectivity index (χ1v) is 23.6. The number of amides is 4. The fourth-order valence-electron chi connectivity index (χ4n) is 8.40. The molecule has 9 aromatic rings. The Morgan fingerprint density at radius 3 is 1.30 bits per heavy atom. The normalized spacial score (nSPS) is 12.5.